The van der Waals surface area contributed by atoms with E-state index in [0.717, 1.165) is 13.0 Å². The van der Waals surface area contributed by atoms with Crippen LogP contribution in [0.4, 0.5) is 0 Å². The number of rotatable bonds is 4. The summed E-state index contributed by atoms with van der Waals surface area (Å²) in [6, 6.07) is 0.598. The molecule has 2 aliphatic carbocycles. The zero-order valence-electron chi connectivity index (χ0n) is 10.3. The van der Waals surface area contributed by atoms with Gasteiger partial charge in [-0.25, -0.2) is 0 Å². The fourth-order valence-electron chi connectivity index (χ4n) is 3.53. The quantitative estimate of drug-likeness (QED) is 0.736. The summed E-state index contributed by atoms with van der Waals surface area (Å²) >= 11 is 0. The van der Waals surface area contributed by atoms with E-state index in [1.165, 1.54) is 32.1 Å². The summed E-state index contributed by atoms with van der Waals surface area (Å²) in [6.45, 7) is 3.64. The fraction of sp³-hybridized carbons (Fsp3) is 0.857. The molecule has 0 heterocycles. The van der Waals surface area contributed by atoms with Crippen molar-refractivity contribution in [2.75, 3.05) is 13.2 Å². The van der Waals surface area contributed by atoms with Gasteiger partial charge in [0.1, 0.15) is 0 Å². The molecule has 1 N–H and O–H groups in total. The highest BCUT2D eigenvalue weighted by atomic mass is 16.5. The van der Waals surface area contributed by atoms with E-state index in [2.05, 4.69) is 18.2 Å². The number of nitrogens with one attached hydrogen (secondary N) is 1. The first-order valence-electron chi connectivity index (χ1n) is 6.62. The van der Waals surface area contributed by atoms with Crippen LogP contribution in [0.1, 0.15) is 45.4 Å². The molecule has 0 aliphatic heterocycles. The van der Waals surface area contributed by atoms with E-state index >= 15 is 0 Å². The standard InChI is InChI=1S/C14H23NO/c1-3-10-15-12-11-13(16-4-2)14(12)8-6-5-7-9-14/h1,12-13,15H,4-11H2,2H3. The van der Waals surface area contributed by atoms with Gasteiger partial charge in [0, 0.05) is 18.1 Å². The molecule has 2 atom stereocenters. The van der Waals surface area contributed by atoms with Crippen molar-refractivity contribution in [1.29, 1.82) is 0 Å². The van der Waals surface area contributed by atoms with E-state index in [0.29, 0.717) is 24.1 Å². The summed E-state index contributed by atoms with van der Waals surface area (Å²) in [5, 5.41) is 3.50. The summed E-state index contributed by atoms with van der Waals surface area (Å²) in [7, 11) is 0. The van der Waals surface area contributed by atoms with E-state index in [1.807, 2.05) is 0 Å². The van der Waals surface area contributed by atoms with Crippen LogP contribution in [0.3, 0.4) is 0 Å². The van der Waals surface area contributed by atoms with Crippen LogP contribution in [0, 0.1) is 17.8 Å². The third-order valence-electron chi connectivity index (χ3n) is 4.39. The lowest BCUT2D eigenvalue weighted by atomic mass is 9.55. The molecule has 0 bridgehead atoms. The first-order valence-corrected chi connectivity index (χ1v) is 6.62. The van der Waals surface area contributed by atoms with Crippen molar-refractivity contribution in [2.45, 2.75) is 57.6 Å². The molecule has 2 rings (SSSR count). The highest BCUT2D eigenvalue weighted by Crippen LogP contribution is 2.53. The highest BCUT2D eigenvalue weighted by Gasteiger charge is 2.55. The zero-order chi connectivity index (χ0) is 11.4. The minimum Gasteiger partial charge on any atom is -0.378 e. The van der Waals surface area contributed by atoms with Crippen molar-refractivity contribution in [3.8, 4) is 12.3 Å². The minimum absolute atomic E-state index is 0.408. The van der Waals surface area contributed by atoms with Crippen LogP contribution in [0.15, 0.2) is 0 Å². The van der Waals surface area contributed by atoms with Gasteiger partial charge in [0.2, 0.25) is 0 Å². The third kappa shape index (κ3) is 1.99. The van der Waals surface area contributed by atoms with Crippen LogP contribution in [0.2, 0.25) is 0 Å². The Hall–Kier alpha value is -0.520. The molecule has 2 fully saturated rings. The van der Waals surface area contributed by atoms with Crippen LogP contribution in [0.25, 0.3) is 0 Å². The van der Waals surface area contributed by atoms with Crippen molar-refractivity contribution >= 4 is 0 Å². The first kappa shape index (κ1) is 12.0. The van der Waals surface area contributed by atoms with Gasteiger partial charge in [-0.1, -0.05) is 25.2 Å². The molecule has 16 heavy (non-hydrogen) atoms. The molecule has 0 amide bonds. The summed E-state index contributed by atoms with van der Waals surface area (Å²) in [4.78, 5) is 0. The Morgan fingerprint density at radius 2 is 2.12 bits per heavy atom. The Labute approximate surface area is 99.1 Å². The van der Waals surface area contributed by atoms with Crippen LogP contribution in [-0.2, 0) is 4.74 Å². The Morgan fingerprint density at radius 3 is 2.75 bits per heavy atom. The van der Waals surface area contributed by atoms with Gasteiger partial charge in [0.15, 0.2) is 0 Å². The minimum atomic E-state index is 0.408. The second-order valence-corrected chi connectivity index (χ2v) is 5.11. The number of hydrogen-bond acceptors (Lipinski definition) is 2. The Balaban J connectivity index is 1.98. The molecule has 2 saturated carbocycles. The second-order valence-electron chi connectivity index (χ2n) is 5.11. The first-order chi connectivity index (χ1) is 7.83. The average molecular weight is 221 g/mol. The van der Waals surface area contributed by atoms with Crippen LogP contribution in [0.5, 0.6) is 0 Å². The SMILES string of the molecule is C#CCNC1CC(OCC)C12CCCCC2. The zero-order valence-corrected chi connectivity index (χ0v) is 10.3. The van der Waals surface area contributed by atoms with Crippen molar-refractivity contribution in [3.63, 3.8) is 0 Å². The van der Waals surface area contributed by atoms with Gasteiger partial charge >= 0.3 is 0 Å². The molecule has 2 unspecified atom stereocenters. The van der Waals surface area contributed by atoms with E-state index in [9.17, 15) is 0 Å². The van der Waals surface area contributed by atoms with Crippen molar-refractivity contribution < 1.29 is 4.74 Å². The van der Waals surface area contributed by atoms with E-state index < -0.39 is 0 Å². The maximum atomic E-state index is 5.89. The molecule has 1 spiro atoms. The van der Waals surface area contributed by atoms with E-state index in [-0.39, 0.29) is 0 Å². The average Bonchev–Trinajstić information content (AvgIpc) is 2.34. The lowest BCUT2D eigenvalue weighted by molar-refractivity contribution is -0.149. The van der Waals surface area contributed by atoms with Crippen LogP contribution >= 0.6 is 0 Å². The Bertz CT molecular complexity index is 262. The molecule has 2 aliphatic rings. The molecule has 0 aromatic carbocycles. The molecular formula is C14H23NO. The fourth-order valence-corrected chi connectivity index (χ4v) is 3.53. The summed E-state index contributed by atoms with van der Waals surface area (Å²) < 4.78 is 5.89. The van der Waals surface area contributed by atoms with Crippen molar-refractivity contribution in [1.82, 2.24) is 5.32 Å². The molecular weight excluding hydrogens is 198 g/mol. The molecule has 0 aromatic heterocycles. The van der Waals surface area contributed by atoms with Crippen LogP contribution < -0.4 is 5.32 Å². The van der Waals surface area contributed by atoms with Crippen LogP contribution in [-0.4, -0.2) is 25.3 Å². The van der Waals surface area contributed by atoms with Gasteiger partial charge in [0.25, 0.3) is 0 Å². The smallest absolute Gasteiger partial charge is 0.0661 e. The molecule has 0 aromatic rings. The number of hydrogen-bond donors (Lipinski definition) is 1. The predicted octanol–water partition coefficient (Wildman–Crippen LogP) is 2.34. The number of terminal acetylenes is 1. The highest BCUT2D eigenvalue weighted by molar-refractivity contribution is 5.09. The van der Waals surface area contributed by atoms with Gasteiger partial charge < -0.3 is 10.1 Å². The monoisotopic (exact) mass is 221 g/mol. The van der Waals surface area contributed by atoms with Crippen molar-refractivity contribution in [3.05, 3.63) is 0 Å². The lowest BCUT2D eigenvalue weighted by Gasteiger charge is -2.57. The number of ether oxygens (including phenoxy) is 1. The maximum Gasteiger partial charge on any atom is 0.0661 e. The Morgan fingerprint density at radius 1 is 1.38 bits per heavy atom. The molecule has 0 radical (unpaired) electrons. The molecule has 0 saturated heterocycles. The van der Waals surface area contributed by atoms with Gasteiger partial charge in [0.05, 0.1) is 12.6 Å². The van der Waals surface area contributed by atoms with Gasteiger partial charge in [-0.2, -0.15) is 0 Å². The topological polar surface area (TPSA) is 21.3 Å². The summed E-state index contributed by atoms with van der Waals surface area (Å²) in [5.41, 5.74) is 0.408. The molecule has 2 nitrogen and oxygen atoms in total. The van der Waals surface area contributed by atoms with Gasteiger partial charge in [-0.15, -0.1) is 6.42 Å². The lowest BCUT2D eigenvalue weighted by Crippen LogP contribution is -2.64. The molecule has 2 heteroatoms. The van der Waals surface area contributed by atoms with Gasteiger partial charge in [-0.05, 0) is 26.2 Å². The largest absolute Gasteiger partial charge is 0.378 e. The van der Waals surface area contributed by atoms with Crippen molar-refractivity contribution in [2.24, 2.45) is 5.41 Å². The normalized spacial score (nSPS) is 32.0. The summed E-state index contributed by atoms with van der Waals surface area (Å²) in [6.07, 6.45) is 13.7. The van der Waals surface area contributed by atoms with Gasteiger partial charge in [-0.3, -0.25) is 0 Å². The summed E-state index contributed by atoms with van der Waals surface area (Å²) in [5.74, 6) is 2.68. The van der Waals surface area contributed by atoms with E-state index in [1.54, 1.807) is 0 Å². The predicted molar refractivity (Wildman–Crippen MR) is 66.2 cm³/mol. The third-order valence-corrected chi connectivity index (χ3v) is 4.39. The second kappa shape index (κ2) is 5.21. The Kier molecular flexibility index (Phi) is 3.89. The molecule has 90 valence electrons. The maximum absolute atomic E-state index is 5.89. The van der Waals surface area contributed by atoms with E-state index in [4.69, 9.17) is 11.2 Å².